The molecule has 0 aliphatic rings. The first-order valence-electron chi connectivity index (χ1n) is 8.54. The second-order valence-corrected chi connectivity index (χ2v) is 5.89. The van der Waals surface area contributed by atoms with E-state index in [-0.39, 0.29) is 5.91 Å². The number of ether oxygens (including phenoxy) is 1. The lowest BCUT2D eigenvalue weighted by molar-refractivity contribution is 0.0945. The summed E-state index contributed by atoms with van der Waals surface area (Å²) < 4.78 is 5.35. The van der Waals surface area contributed by atoms with Crippen LogP contribution in [-0.2, 0) is 13.1 Å². The summed E-state index contributed by atoms with van der Waals surface area (Å²) in [5.74, 6) is 1.64. The molecule has 0 aliphatic heterocycles. The SMILES string of the molecule is COc1ccccc1CNc1cc(C(=O)NCc2cccnc2)nc(C)n1. The van der Waals surface area contributed by atoms with Gasteiger partial charge in [-0.3, -0.25) is 9.78 Å². The molecule has 138 valence electrons. The molecule has 0 bridgehead atoms. The van der Waals surface area contributed by atoms with Gasteiger partial charge in [0.05, 0.1) is 7.11 Å². The van der Waals surface area contributed by atoms with Crippen LogP contribution in [0.1, 0.15) is 27.4 Å². The molecule has 0 unspecified atom stereocenters. The summed E-state index contributed by atoms with van der Waals surface area (Å²) >= 11 is 0. The highest BCUT2D eigenvalue weighted by Crippen LogP contribution is 2.18. The molecule has 0 saturated carbocycles. The molecule has 0 spiro atoms. The van der Waals surface area contributed by atoms with Crippen LogP contribution in [0.4, 0.5) is 5.82 Å². The number of amides is 1. The molecule has 0 aliphatic carbocycles. The van der Waals surface area contributed by atoms with Crippen LogP contribution in [0.3, 0.4) is 0 Å². The topological polar surface area (TPSA) is 89.0 Å². The van der Waals surface area contributed by atoms with Gasteiger partial charge in [0.25, 0.3) is 5.91 Å². The Labute approximate surface area is 157 Å². The fraction of sp³-hybridized carbons (Fsp3) is 0.200. The number of nitrogens with one attached hydrogen (secondary N) is 2. The lowest BCUT2D eigenvalue weighted by Gasteiger charge is -2.11. The lowest BCUT2D eigenvalue weighted by Crippen LogP contribution is -2.24. The average Bonchev–Trinajstić information content (AvgIpc) is 2.71. The zero-order valence-electron chi connectivity index (χ0n) is 15.3. The molecule has 0 saturated heterocycles. The summed E-state index contributed by atoms with van der Waals surface area (Å²) in [5, 5.41) is 6.07. The summed E-state index contributed by atoms with van der Waals surface area (Å²) in [6.45, 7) is 2.67. The summed E-state index contributed by atoms with van der Waals surface area (Å²) in [6.07, 6.45) is 3.41. The first-order valence-corrected chi connectivity index (χ1v) is 8.54. The third kappa shape index (κ3) is 5.01. The second kappa shape index (κ2) is 8.75. The van der Waals surface area contributed by atoms with Gasteiger partial charge < -0.3 is 15.4 Å². The number of carbonyl (C=O) groups is 1. The Balaban J connectivity index is 1.67. The number of aryl methyl sites for hydroxylation is 1. The third-order valence-electron chi connectivity index (χ3n) is 3.90. The van der Waals surface area contributed by atoms with Crippen molar-refractivity contribution in [2.45, 2.75) is 20.0 Å². The van der Waals surface area contributed by atoms with E-state index < -0.39 is 0 Å². The van der Waals surface area contributed by atoms with E-state index in [0.717, 1.165) is 16.9 Å². The minimum Gasteiger partial charge on any atom is -0.496 e. The number of hydrogen-bond donors (Lipinski definition) is 2. The Morgan fingerprint density at radius 2 is 1.96 bits per heavy atom. The fourth-order valence-corrected chi connectivity index (χ4v) is 2.58. The fourth-order valence-electron chi connectivity index (χ4n) is 2.58. The highest BCUT2D eigenvalue weighted by atomic mass is 16.5. The van der Waals surface area contributed by atoms with Crippen molar-refractivity contribution >= 4 is 11.7 Å². The van der Waals surface area contributed by atoms with Gasteiger partial charge >= 0.3 is 0 Å². The molecule has 1 amide bonds. The molecule has 2 aromatic heterocycles. The minimum absolute atomic E-state index is 0.260. The van der Waals surface area contributed by atoms with Crippen molar-refractivity contribution < 1.29 is 9.53 Å². The zero-order valence-corrected chi connectivity index (χ0v) is 15.3. The first kappa shape index (κ1) is 18.3. The van der Waals surface area contributed by atoms with Crippen molar-refractivity contribution in [2.75, 3.05) is 12.4 Å². The van der Waals surface area contributed by atoms with Crippen molar-refractivity contribution in [3.05, 3.63) is 77.5 Å². The average molecular weight is 363 g/mol. The molecule has 0 radical (unpaired) electrons. The Kier molecular flexibility index (Phi) is 5.94. The summed E-state index contributed by atoms with van der Waals surface area (Å²) in [4.78, 5) is 25.0. The zero-order chi connectivity index (χ0) is 19.1. The molecule has 0 fully saturated rings. The molecular formula is C20H21N5O2. The van der Waals surface area contributed by atoms with Gasteiger partial charge in [-0.2, -0.15) is 0 Å². The van der Waals surface area contributed by atoms with Crippen LogP contribution in [0.15, 0.2) is 54.9 Å². The van der Waals surface area contributed by atoms with Crippen molar-refractivity contribution in [1.82, 2.24) is 20.3 Å². The molecular weight excluding hydrogens is 342 g/mol. The quantitative estimate of drug-likeness (QED) is 0.671. The Morgan fingerprint density at radius 3 is 2.74 bits per heavy atom. The molecule has 3 rings (SSSR count). The number of benzene rings is 1. The van der Waals surface area contributed by atoms with Crippen LogP contribution >= 0.6 is 0 Å². The number of nitrogens with zero attached hydrogens (tertiary/aromatic N) is 3. The molecule has 27 heavy (non-hydrogen) atoms. The number of anilines is 1. The lowest BCUT2D eigenvalue weighted by atomic mass is 10.2. The number of carbonyl (C=O) groups excluding carboxylic acids is 1. The Hall–Kier alpha value is -3.48. The van der Waals surface area contributed by atoms with Gasteiger partial charge in [-0.25, -0.2) is 9.97 Å². The predicted molar refractivity (Wildman–Crippen MR) is 102 cm³/mol. The normalized spacial score (nSPS) is 10.3. The highest BCUT2D eigenvalue weighted by Gasteiger charge is 2.11. The van der Waals surface area contributed by atoms with Gasteiger partial charge in [0, 0.05) is 37.1 Å². The van der Waals surface area contributed by atoms with Crippen molar-refractivity contribution in [2.24, 2.45) is 0 Å². The minimum atomic E-state index is -0.260. The number of methoxy groups -OCH3 is 1. The maximum Gasteiger partial charge on any atom is 0.270 e. The van der Waals surface area contributed by atoms with Crippen LogP contribution in [-0.4, -0.2) is 28.0 Å². The van der Waals surface area contributed by atoms with Crippen LogP contribution in [0.5, 0.6) is 5.75 Å². The molecule has 7 heteroatoms. The molecule has 3 aromatic rings. The maximum atomic E-state index is 12.4. The van der Waals surface area contributed by atoms with E-state index in [1.165, 1.54) is 0 Å². The molecule has 1 aromatic carbocycles. The Morgan fingerprint density at radius 1 is 1.11 bits per heavy atom. The number of rotatable bonds is 7. The molecule has 2 N–H and O–H groups in total. The van der Waals surface area contributed by atoms with Gasteiger partial charge in [-0.1, -0.05) is 24.3 Å². The van der Waals surface area contributed by atoms with E-state index in [9.17, 15) is 4.79 Å². The van der Waals surface area contributed by atoms with E-state index in [1.807, 2.05) is 36.4 Å². The first-order chi connectivity index (χ1) is 13.2. The van der Waals surface area contributed by atoms with Crippen molar-refractivity contribution in [1.29, 1.82) is 0 Å². The van der Waals surface area contributed by atoms with Gasteiger partial charge in [0.15, 0.2) is 0 Å². The van der Waals surface area contributed by atoms with Gasteiger partial charge in [-0.15, -0.1) is 0 Å². The van der Waals surface area contributed by atoms with E-state index in [1.54, 1.807) is 32.5 Å². The molecule has 7 nitrogen and oxygen atoms in total. The Bertz CT molecular complexity index is 915. The third-order valence-corrected chi connectivity index (χ3v) is 3.90. The number of para-hydroxylation sites is 1. The number of aromatic nitrogens is 3. The van der Waals surface area contributed by atoms with Crippen LogP contribution in [0.2, 0.25) is 0 Å². The summed E-state index contributed by atoms with van der Waals surface area (Å²) in [6, 6.07) is 13.1. The van der Waals surface area contributed by atoms with E-state index in [4.69, 9.17) is 4.74 Å². The van der Waals surface area contributed by atoms with Crippen LogP contribution in [0.25, 0.3) is 0 Å². The van der Waals surface area contributed by atoms with Gasteiger partial charge in [0.2, 0.25) is 0 Å². The highest BCUT2D eigenvalue weighted by molar-refractivity contribution is 5.92. The maximum absolute atomic E-state index is 12.4. The molecule has 2 heterocycles. The van der Waals surface area contributed by atoms with Gasteiger partial charge in [-0.05, 0) is 24.6 Å². The van der Waals surface area contributed by atoms with Crippen LogP contribution in [0, 0.1) is 6.92 Å². The number of hydrogen-bond acceptors (Lipinski definition) is 6. The summed E-state index contributed by atoms with van der Waals surface area (Å²) in [5.41, 5.74) is 2.24. The standard InChI is InChI=1S/C20H21N5O2/c1-14-24-17(20(26)23-12-15-6-5-9-21-11-15)10-19(25-14)22-13-16-7-3-4-8-18(16)27-2/h3-11H,12-13H2,1-2H3,(H,23,26)(H,22,24,25). The van der Waals surface area contributed by atoms with E-state index in [0.29, 0.717) is 30.4 Å². The predicted octanol–water partition coefficient (Wildman–Crippen LogP) is 2.73. The number of pyridine rings is 1. The smallest absolute Gasteiger partial charge is 0.270 e. The van der Waals surface area contributed by atoms with Crippen LogP contribution < -0.4 is 15.4 Å². The molecule has 0 atom stereocenters. The monoisotopic (exact) mass is 363 g/mol. The van der Waals surface area contributed by atoms with Crippen molar-refractivity contribution in [3.63, 3.8) is 0 Å². The largest absolute Gasteiger partial charge is 0.496 e. The summed E-state index contributed by atoms with van der Waals surface area (Å²) in [7, 11) is 1.64. The van der Waals surface area contributed by atoms with E-state index >= 15 is 0 Å². The van der Waals surface area contributed by atoms with Gasteiger partial charge in [0.1, 0.15) is 23.1 Å². The second-order valence-electron chi connectivity index (χ2n) is 5.89. The van der Waals surface area contributed by atoms with E-state index in [2.05, 4.69) is 25.6 Å². The van der Waals surface area contributed by atoms with Crippen molar-refractivity contribution in [3.8, 4) is 5.75 Å².